The molecular formula is C14H16O2. The topological polar surface area (TPSA) is 29.5 Å². The summed E-state index contributed by atoms with van der Waals surface area (Å²) >= 11 is 0. The Bertz CT molecular complexity index is 406. The van der Waals surface area contributed by atoms with Gasteiger partial charge < -0.3 is 9.84 Å². The van der Waals surface area contributed by atoms with Crippen molar-refractivity contribution in [1.82, 2.24) is 0 Å². The van der Waals surface area contributed by atoms with Crippen molar-refractivity contribution in [1.29, 1.82) is 0 Å². The lowest BCUT2D eigenvalue weighted by atomic mass is 9.91. The summed E-state index contributed by atoms with van der Waals surface area (Å²) in [6, 6.07) is 9.84. The molecule has 1 N–H and O–H groups in total. The van der Waals surface area contributed by atoms with E-state index in [0.717, 1.165) is 11.1 Å². The standard InChI is InChI=1S/C14H16O2/c1-2-16-14(15)11-7-6-10-13(14)12-8-4-3-5-9-12/h3-10,15H,2,11H2,1H3. The minimum absolute atomic E-state index is 0.495. The molecule has 0 heterocycles. The highest BCUT2D eigenvalue weighted by Crippen LogP contribution is 2.34. The van der Waals surface area contributed by atoms with Gasteiger partial charge in [0.25, 0.3) is 0 Å². The Labute approximate surface area is 95.9 Å². The van der Waals surface area contributed by atoms with Gasteiger partial charge in [-0.2, -0.15) is 0 Å². The highest BCUT2D eigenvalue weighted by molar-refractivity contribution is 5.73. The van der Waals surface area contributed by atoms with E-state index in [9.17, 15) is 5.11 Å². The predicted molar refractivity (Wildman–Crippen MR) is 64.8 cm³/mol. The zero-order chi connectivity index (χ0) is 11.4. The van der Waals surface area contributed by atoms with Crippen LogP contribution in [0.15, 0.2) is 48.6 Å². The van der Waals surface area contributed by atoms with Gasteiger partial charge in [-0.05, 0) is 12.5 Å². The number of hydrogen-bond donors (Lipinski definition) is 1. The number of benzene rings is 1. The van der Waals surface area contributed by atoms with Crippen LogP contribution >= 0.6 is 0 Å². The van der Waals surface area contributed by atoms with Crippen LogP contribution in [0.2, 0.25) is 0 Å². The number of ether oxygens (including phenoxy) is 1. The second-order valence-electron chi connectivity index (χ2n) is 3.80. The third-order valence-corrected chi connectivity index (χ3v) is 2.68. The van der Waals surface area contributed by atoms with Crippen LogP contribution in [0.5, 0.6) is 0 Å². The van der Waals surface area contributed by atoms with Crippen molar-refractivity contribution in [2.75, 3.05) is 6.61 Å². The summed E-state index contributed by atoms with van der Waals surface area (Å²) in [7, 11) is 0. The normalized spacial score (nSPS) is 24.2. The smallest absolute Gasteiger partial charge is 0.196 e. The van der Waals surface area contributed by atoms with Crippen LogP contribution in [0.1, 0.15) is 18.9 Å². The summed E-state index contributed by atoms with van der Waals surface area (Å²) < 4.78 is 5.47. The Morgan fingerprint density at radius 2 is 2.06 bits per heavy atom. The van der Waals surface area contributed by atoms with Crippen molar-refractivity contribution >= 4 is 5.57 Å². The largest absolute Gasteiger partial charge is 0.362 e. The molecule has 0 amide bonds. The fourth-order valence-corrected chi connectivity index (χ4v) is 1.95. The third kappa shape index (κ3) is 2.08. The van der Waals surface area contributed by atoms with Crippen molar-refractivity contribution < 1.29 is 9.84 Å². The van der Waals surface area contributed by atoms with Crippen LogP contribution in [0.3, 0.4) is 0 Å². The summed E-state index contributed by atoms with van der Waals surface area (Å²) in [5.74, 6) is -1.18. The van der Waals surface area contributed by atoms with Gasteiger partial charge in [0.1, 0.15) is 0 Å². The van der Waals surface area contributed by atoms with Crippen LogP contribution in [-0.4, -0.2) is 17.5 Å². The molecule has 84 valence electrons. The zero-order valence-corrected chi connectivity index (χ0v) is 9.39. The SMILES string of the molecule is CCOC1(O)CC=CC=C1c1ccccc1. The maximum atomic E-state index is 10.4. The molecule has 2 rings (SSSR count). The van der Waals surface area contributed by atoms with Crippen LogP contribution in [0.4, 0.5) is 0 Å². The van der Waals surface area contributed by atoms with E-state index in [1.165, 1.54) is 0 Å². The number of allylic oxidation sites excluding steroid dienone is 2. The van der Waals surface area contributed by atoms with E-state index in [4.69, 9.17) is 4.74 Å². The van der Waals surface area contributed by atoms with Crippen LogP contribution in [-0.2, 0) is 4.74 Å². The van der Waals surface area contributed by atoms with Gasteiger partial charge in [0, 0.05) is 18.6 Å². The Kier molecular flexibility index (Phi) is 3.22. The molecule has 0 bridgehead atoms. The molecule has 0 spiro atoms. The molecule has 0 radical (unpaired) electrons. The van der Waals surface area contributed by atoms with Crippen molar-refractivity contribution in [3.63, 3.8) is 0 Å². The van der Waals surface area contributed by atoms with Gasteiger partial charge in [-0.15, -0.1) is 0 Å². The summed E-state index contributed by atoms with van der Waals surface area (Å²) in [5, 5.41) is 10.4. The molecule has 0 fully saturated rings. The summed E-state index contributed by atoms with van der Waals surface area (Å²) in [6.45, 7) is 2.38. The Balaban J connectivity index is 2.37. The lowest BCUT2D eigenvalue weighted by Gasteiger charge is -2.31. The van der Waals surface area contributed by atoms with Gasteiger partial charge in [0.05, 0.1) is 0 Å². The molecule has 1 aromatic rings. The van der Waals surface area contributed by atoms with E-state index in [2.05, 4.69) is 0 Å². The average Bonchev–Trinajstić information content (AvgIpc) is 2.31. The van der Waals surface area contributed by atoms with Gasteiger partial charge in [-0.3, -0.25) is 0 Å². The van der Waals surface area contributed by atoms with Crippen molar-refractivity contribution in [3.8, 4) is 0 Å². The lowest BCUT2D eigenvalue weighted by molar-refractivity contribution is -0.152. The monoisotopic (exact) mass is 216 g/mol. The highest BCUT2D eigenvalue weighted by Gasteiger charge is 2.33. The first kappa shape index (κ1) is 11.1. The summed E-state index contributed by atoms with van der Waals surface area (Å²) in [6.07, 6.45) is 6.29. The highest BCUT2D eigenvalue weighted by atomic mass is 16.6. The average molecular weight is 216 g/mol. The fraction of sp³-hybridized carbons (Fsp3) is 0.286. The molecule has 0 aromatic heterocycles. The quantitative estimate of drug-likeness (QED) is 0.787. The lowest BCUT2D eigenvalue weighted by Crippen LogP contribution is -2.34. The van der Waals surface area contributed by atoms with Gasteiger partial charge in [0.2, 0.25) is 0 Å². The predicted octanol–water partition coefficient (Wildman–Crippen LogP) is 2.76. The Hall–Kier alpha value is -1.38. The second kappa shape index (κ2) is 4.64. The number of hydrogen-bond acceptors (Lipinski definition) is 2. The first-order valence-corrected chi connectivity index (χ1v) is 5.55. The molecule has 0 saturated heterocycles. The van der Waals surface area contributed by atoms with Crippen molar-refractivity contribution in [2.45, 2.75) is 19.1 Å². The summed E-state index contributed by atoms with van der Waals surface area (Å²) in [4.78, 5) is 0. The minimum atomic E-state index is -1.18. The van der Waals surface area contributed by atoms with Gasteiger partial charge in [0.15, 0.2) is 5.79 Å². The maximum Gasteiger partial charge on any atom is 0.196 e. The fourth-order valence-electron chi connectivity index (χ4n) is 1.95. The van der Waals surface area contributed by atoms with Crippen LogP contribution in [0.25, 0.3) is 5.57 Å². The van der Waals surface area contributed by atoms with Crippen molar-refractivity contribution in [2.24, 2.45) is 0 Å². The molecule has 1 aliphatic rings. The minimum Gasteiger partial charge on any atom is -0.362 e. The Morgan fingerprint density at radius 3 is 2.75 bits per heavy atom. The first-order chi connectivity index (χ1) is 7.76. The Morgan fingerprint density at radius 1 is 1.31 bits per heavy atom. The van der Waals surface area contributed by atoms with E-state index in [1.54, 1.807) is 0 Å². The summed E-state index contributed by atoms with van der Waals surface area (Å²) in [5.41, 5.74) is 1.83. The number of aliphatic hydroxyl groups is 1. The third-order valence-electron chi connectivity index (χ3n) is 2.68. The molecule has 2 nitrogen and oxygen atoms in total. The van der Waals surface area contributed by atoms with Gasteiger partial charge in [-0.1, -0.05) is 48.6 Å². The van der Waals surface area contributed by atoms with Crippen LogP contribution < -0.4 is 0 Å². The van der Waals surface area contributed by atoms with Gasteiger partial charge >= 0.3 is 0 Å². The molecule has 1 aliphatic carbocycles. The molecular weight excluding hydrogens is 200 g/mol. The molecule has 1 unspecified atom stereocenters. The van der Waals surface area contributed by atoms with Gasteiger partial charge in [-0.25, -0.2) is 0 Å². The molecule has 2 heteroatoms. The molecule has 1 atom stereocenters. The molecule has 0 aliphatic heterocycles. The van der Waals surface area contributed by atoms with E-state index in [0.29, 0.717) is 13.0 Å². The molecule has 0 saturated carbocycles. The van der Waals surface area contributed by atoms with E-state index >= 15 is 0 Å². The van der Waals surface area contributed by atoms with E-state index in [-0.39, 0.29) is 0 Å². The van der Waals surface area contributed by atoms with E-state index in [1.807, 2.05) is 55.5 Å². The molecule has 1 aromatic carbocycles. The van der Waals surface area contributed by atoms with E-state index < -0.39 is 5.79 Å². The number of rotatable bonds is 3. The van der Waals surface area contributed by atoms with Crippen molar-refractivity contribution in [3.05, 3.63) is 54.1 Å². The van der Waals surface area contributed by atoms with Crippen LogP contribution in [0, 0.1) is 0 Å². The second-order valence-corrected chi connectivity index (χ2v) is 3.80. The maximum absolute atomic E-state index is 10.4. The molecule has 16 heavy (non-hydrogen) atoms. The first-order valence-electron chi connectivity index (χ1n) is 5.55. The zero-order valence-electron chi connectivity index (χ0n) is 9.39.